The predicted octanol–water partition coefficient (Wildman–Crippen LogP) is 2.22. The van der Waals surface area contributed by atoms with Crippen LogP contribution in [-0.4, -0.2) is 24.0 Å². The number of hydrogen-bond donors (Lipinski definition) is 2. The molecule has 21 heavy (non-hydrogen) atoms. The molecule has 4 heteroatoms. The molecule has 2 rings (SSSR count). The zero-order valence-corrected chi connectivity index (χ0v) is 12.5. The Morgan fingerprint density at radius 1 is 1.10 bits per heavy atom. The van der Waals surface area contributed by atoms with Crippen LogP contribution in [0.4, 0.5) is 0 Å². The summed E-state index contributed by atoms with van der Waals surface area (Å²) in [6.45, 7) is 6.17. The summed E-state index contributed by atoms with van der Waals surface area (Å²) >= 11 is 0. The normalized spacial score (nSPS) is 10.4. The van der Waals surface area contributed by atoms with Gasteiger partial charge in [-0.3, -0.25) is 9.78 Å². The summed E-state index contributed by atoms with van der Waals surface area (Å²) in [6.07, 6.45) is 3.66. The van der Waals surface area contributed by atoms with Crippen LogP contribution in [0.25, 0.3) is 0 Å². The highest BCUT2D eigenvalue weighted by Crippen LogP contribution is 2.04. The van der Waals surface area contributed by atoms with Crippen LogP contribution in [0.3, 0.4) is 0 Å². The van der Waals surface area contributed by atoms with E-state index < -0.39 is 0 Å². The van der Waals surface area contributed by atoms with Gasteiger partial charge in [0.15, 0.2) is 0 Å². The molecule has 0 aliphatic carbocycles. The SMILES string of the molecule is Cc1ccc(C(=O)NCCNCc2cnccc2C)cc1. The van der Waals surface area contributed by atoms with E-state index in [0.717, 1.165) is 18.7 Å². The first-order valence-electron chi connectivity index (χ1n) is 7.12. The van der Waals surface area contributed by atoms with Gasteiger partial charge in [0, 0.05) is 37.6 Å². The van der Waals surface area contributed by atoms with Crippen molar-refractivity contribution in [1.82, 2.24) is 15.6 Å². The van der Waals surface area contributed by atoms with Crippen LogP contribution in [-0.2, 0) is 6.54 Å². The minimum absolute atomic E-state index is 0.0330. The zero-order valence-electron chi connectivity index (χ0n) is 12.5. The third-order valence-corrected chi connectivity index (χ3v) is 3.36. The number of nitrogens with one attached hydrogen (secondary N) is 2. The van der Waals surface area contributed by atoms with E-state index in [-0.39, 0.29) is 5.91 Å². The molecule has 4 nitrogen and oxygen atoms in total. The van der Waals surface area contributed by atoms with Crippen LogP contribution >= 0.6 is 0 Å². The maximum atomic E-state index is 11.9. The summed E-state index contributed by atoms with van der Waals surface area (Å²) in [5.41, 5.74) is 4.26. The summed E-state index contributed by atoms with van der Waals surface area (Å²) < 4.78 is 0. The second-order valence-electron chi connectivity index (χ2n) is 5.10. The second kappa shape index (κ2) is 7.55. The summed E-state index contributed by atoms with van der Waals surface area (Å²) in [6, 6.07) is 9.57. The molecule has 0 saturated carbocycles. The largest absolute Gasteiger partial charge is 0.351 e. The van der Waals surface area contributed by atoms with E-state index in [9.17, 15) is 4.79 Å². The molecule has 0 bridgehead atoms. The molecule has 0 spiro atoms. The van der Waals surface area contributed by atoms with Crippen LogP contribution < -0.4 is 10.6 Å². The van der Waals surface area contributed by atoms with Gasteiger partial charge >= 0.3 is 0 Å². The Morgan fingerprint density at radius 2 is 1.86 bits per heavy atom. The number of nitrogens with zero attached hydrogens (tertiary/aromatic N) is 1. The van der Waals surface area contributed by atoms with Crippen molar-refractivity contribution >= 4 is 5.91 Å². The molecule has 1 aromatic carbocycles. The average molecular weight is 283 g/mol. The van der Waals surface area contributed by atoms with Crippen molar-refractivity contribution in [3.63, 3.8) is 0 Å². The monoisotopic (exact) mass is 283 g/mol. The maximum Gasteiger partial charge on any atom is 0.251 e. The number of aromatic nitrogens is 1. The molecule has 2 aromatic rings. The Bertz CT molecular complexity index is 593. The first-order chi connectivity index (χ1) is 10.2. The van der Waals surface area contributed by atoms with E-state index in [1.165, 1.54) is 11.1 Å². The van der Waals surface area contributed by atoms with E-state index in [1.54, 1.807) is 6.20 Å². The second-order valence-corrected chi connectivity index (χ2v) is 5.10. The van der Waals surface area contributed by atoms with Gasteiger partial charge in [-0.15, -0.1) is 0 Å². The van der Waals surface area contributed by atoms with Crippen molar-refractivity contribution in [3.8, 4) is 0 Å². The maximum absolute atomic E-state index is 11.9. The fourth-order valence-corrected chi connectivity index (χ4v) is 1.98. The number of pyridine rings is 1. The molecular weight excluding hydrogens is 262 g/mol. The number of aryl methyl sites for hydroxylation is 2. The van der Waals surface area contributed by atoms with Gasteiger partial charge in [0.2, 0.25) is 0 Å². The minimum atomic E-state index is -0.0330. The standard InChI is InChI=1S/C17H21N3O/c1-13-3-5-15(6-4-13)17(21)20-10-9-19-12-16-11-18-8-7-14(16)2/h3-8,11,19H,9-10,12H2,1-2H3,(H,20,21). The summed E-state index contributed by atoms with van der Waals surface area (Å²) in [4.78, 5) is 16.0. The summed E-state index contributed by atoms with van der Waals surface area (Å²) in [5.74, 6) is -0.0330. The average Bonchev–Trinajstić information content (AvgIpc) is 2.49. The van der Waals surface area contributed by atoms with Crippen molar-refractivity contribution < 1.29 is 4.79 Å². The number of amides is 1. The first-order valence-corrected chi connectivity index (χ1v) is 7.12. The molecule has 0 atom stereocenters. The topological polar surface area (TPSA) is 54.0 Å². The highest BCUT2D eigenvalue weighted by atomic mass is 16.1. The molecule has 0 saturated heterocycles. The van der Waals surface area contributed by atoms with Crippen molar-refractivity contribution in [2.24, 2.45) is 0 Å². The molecule has 1 amide bonds. The minimum Gasteiger partial charge on any atom is -0.351 e. The lowest BCUT2D eigenvalue weighted by Gasteiger charge is -2.08. The molecule has 1 aromatic heterocycles. The van der Waals surface area contributed by atoms with Gasteiger partial charge in [0.05, 0.1) is 0 Å². The number of rotatable bonds is 6. The Labute approximate surface area is 125 Å². The fraction of sp³-hybridized carbons (Fsp3) is 0.294. The molecule has 0 aliphatic heterocycles. The number of hydrogen-bond acceptors (Lipinski definition) is 3. The van der Waals surface area contributed by atoms with E-state index >= 15 is 0 Å². The van der Waals surface area contributed by atoms with Gasteiger partial charge in [0.1, 0.15) is 0 Å². The molecule has 0 aliphatic rings. The van der Waals surface area contributed by atoms with Gasteiger partial charge in [-0.1, -0.05) is 17.7 Å². The number of benzene rings is 1. The van der Waals surface area contributed by atoms with Crippen LogP contribution in [0, 0.1) is 13.8 Å². The van der Waals surface area contributed by atoms with Crippen LogP contribution in [0.15, 0.2) is 42.7 Å². The first kappa shape index (κ1) is 15.2. The van der Waals surface area contributed by atoms with Crippen molar-refractivity contribution in [1.29, 1.82) is 0 Å². The Morgan fingerprint density at radius 3 is 2.57 bits per heavy atom. The van der Waals surface area contributed by atoms with Crippen LogP contribution in [0.5, 0.6) is 0 Å². The molecule has 0 fully saturated rings. The van der Waals surface area contributed by atoms with E-state index in [1.807, 2.05) is 43.5 Å². The quantitative estimate of drug-likeness (QED) is 0.799. The van der Waals surface area contributed by atoms with Gasteiger partial charge < -0.3 is 10.6 Å². The zero-order chi connectivity index (χ0) is 15.1. The van der Waals surface area contributed by atoms with Crippen LogP contribution in [0.2, 0.25) is 0 Å². The van der Waals surface area contributed by atoms with E-state index in [0.29, 0.717) is 12.1 Å². The van der Waals surface area contributed by atoms with E-state index in [2.05, 4.69) is 22.5 Å². The molecule has 2 N–H and O–H groups in total. The lowest BCUT2D eigenvalue weighted by atomic mass is 10.1. The van der Waals surface area contributed by atoms with Crippen molar-refractivity contribution in [2.45, 2.75) is 20.4 Å². The van der Waals surface area contributed by atoms with E-state index in [4.69, 9.17) is 0 Å². The van der Waals surface area contributed by atoms with Gasteiger partial charge in [0.25, 0.3) is 5.91 Å². The highest BCUT2D eigenvalue weighted by Gasteiger charge is 2.03. The van der Waals surface area contributed by atoms with Crippen molar-refractivity contribution in [3.05, 3.63) is 65.0 Å². The number of carbonyl (C=O) groups excluding carboxylic acids is 1. The molecule has 1 heterocycles. The number of carbonyl (C=O) groups is 1. The molecule has 0 unspecified atom stereocenters. The third kappa shape index (κ3) is 4.68. The van der Waals surface area contributed by atoms with Gasteiger partial charge in [-0.25, -0.2) is 0 Å². The Kier molecular flexibility index (Phi) is 5.46. The van der Waals surface area contributed by atoms with Gasteiger partial charge in [-0.2, -0.15) is 0 Å². The van der Waals surface area contributed by atoms with Gasteiger partial charge in [-0.05, 0) is 43.2 Å². The molecule has 0 radical (unpaired) electrons. The molecular formula is C17H21N3O. The fourth-order valence-electron chi connectivity index (χ4n) is 1.98. The van der Waals surface area contributed by atoms with Crippen molar-refractivity contribution in [2.75, 3.05) is 13.1 Å². The van der Waals surface area contributed by atoms with Crippen LogP contribution in [0.1, 0.15) is 27.0 Å². The predicted molar refractivity (Wildman–Crippen MR) is 84.2 cm³/mol. The lowest BCUT2D eigenvalue weighted by molar-refractivity contribution is 0.0954. The Hall–Kier alpha value is -2.20. The summed E-state index contributed by atoms with van der Waals surface area (Å²) in [7, 11) is 0. The smallest absolute Gasteiger partial charge is 0.251 e. The third-order valence-electron chi connectivity index (χ3n) is 3.36. The highest BCUT2D eigenvalue weighted by molar-refractivity contribution is 5.94. The molecule has 110 valence electrons. The summed E-state index contributed by atoms with van der Waals surface area (Å²) in [5, 5.41) is 6.21. The lowest BCUT2D eigenvalue weighted by Crippen LogP contribution is -2.31. The Balaban J connectivity index is 1.69.